The van der Waals surface area contributed by atoms with E-state index in [2.05, 4.69) is 10.2 Å². The van der Waals surface area contributed by atoms with Crippen molar-refractivity contribution in [2.24, 2.45) is 0 Å². The van der Waals surface area contributed by atoms with Gasteiger partial charge in [0, 0.05) is 11.1 Å². The van der Waals surface area contributed by atoms with E-state index in [0.29, 0.717) is 28.1 Å². The van der Waals surface area contributed by atoms with Gasteiger partial charge in [-0.2, -0.15) is 18.3 Å². The first-order valence-corrected chi connectivity index (χ1v) is 8.20. The molecule has 0 spiro atoms. The summed E-state index contributed by atoms with van der Waals surface area (Å²) in [4.78, 5) is 11.4. The summed E-state index contributed by atoms with van der Waals surface area (Å²) in [5, 5.41) is 6.77. The third-order valence-corrected chi connectivity index (χ3v) is 4.18. The molecular weight excluding hydrogens is 357 g/mol. The molecule has 3 aromatic rings. The highest BCUT2D eigenvalue weighted by atomic mass is 19.4. The highest BCUT2D eigenvalue weighted by Gasteiger charge is 2.30. The first-order valence-electron chi connectivity index (χ1n) is 8.20. The molecule has 0 fully saturated rings. The smallest absolute Gasteiger partial charge is 0.416 e. The number of ether oxygens (including phenoxy) is 1. The van der Waals surface area contributed by atoms with Gasteiger partial charge in [0.25, 0.3) is 0 Å². The molecule has 3 rings (SSSR count). The van der Waals surface area contributed by atoms with Gasteiger partial charge in [-0.1, -0.05) is 12.1 Å². The van der Waals surface area contributed by atoms with Gasteiger partial charge in [-0.15, -0.1) is 0 Å². The summed E-state index contributed by atoms with van der Waals surface area (Å²) in [6.45, 7) is 3.53. The van der Waals surface area contributed by atoms with Gasteiger partial charge < -0.3 is 4.74 Å². The average molecular weight is 374 g/mol. The number of ketones is 1. The number of benzene rings is 2. The van der Waals surface area contributed by atoms with Crippen LogP contribution in [0, 0.1) is 6.92 Å². The van der Waals surface area contributed by atoms with Gasteiger partial charge in [-0.05, 0) is 55.3 Å². The number of aromatic nitrogens is 2. The fourth-order valence-electron chi connectivity index (χ4n) is 2.68. The monoisotopic (exact) mass is 374 g/mol. The molecule has 0 amide bonds. The summed E-state index contributed by atoms with van der Waals surface area (Å²) in [6.07, 6.45) is -2.80. The number of aryl methyl sites for hydroxylation is 1. The van der Waals surface area contributed by atoms with Crippen molar-refractivity contribution < 1.29 is 22.7 Å². The number of rotatable bonds is 5. The summed E-state index contributed by atoms with van der Waals surface area (Å²) in [5.41, 5.74) is 2.62. The lowest BCUT2D eigenvalue weighted by molar-refractivity contribution is -0.137. The van der Waals surface area contributed by atoms with Crippen molar-refractivity contribution in [3.63, 3.8) is 0 Å². The van der Waals surface area contributed by atoms with E-state index in [-0.39, 0.29) is 12.4 Å². The molecule has 0 saturated heterocycles. The number of nitrogens with zero attached hydrogens (tertiary/aromatic N) is 1. The number of carbonyl (C=O) groups is 1. The van der Waals surface area contributed by atoms with Gasteiger partial charge >= 0.3 is 6.18 Å². The topological polar surface area (TPSA) is 55.0 Å². The molecule has 0 aliphatic heterocycles. The van der Waals surface area contributed by atoms with Crippen molar-refractivity contribution in [2.75, 3.05) is 0 Å². The van der Waals surface area contributed by atoms with Crippen LogP contribution in [0.4, 0.5) is 13.2 Å². The van der Waals surface area contributed by atoms with Gasteiger partial charge in [0.05, 0.1) is 17.5 Å². The van der Waals surface area contributed by atoms with E-state index in [1.807, 2.05) is 6.92 Å². The minimum atomic E-state index is -4.37. The Morgan fingerprint density at radius 2 is 1.85 bits per heavy atom. The van der Waals surface area contributed by atoms with Gasteiger partial charge in [0.1, 0.15) is 12.4 Å². The van der Waals surface area contributed by atoms with E-state index in [0.717, 1.165) is 17.7 Å². The molecule has 0 aliphatic rings. The zero-order valence-corrected chi connectivity index (χ0v) is 14.7. The number of alkyl halides is 3. The second-order valence-electron chi connectivity index (χ2n) is 6.17. The number of hydrogen-bond acceptors (Lipinski definition) is 3. The Hall–Kier alpha value is -3.09. The van der Waals surface area contributed by atoms with E-state index in [4.69, 9.17) is 4.74 Å². The van der Waals surface area contributed by atoms with Gasteiger partial charge in [-0.3, -0.25) is 9.89 Å². The molecule has 0 radical (unpaired) electrons. The molecule has 0 bridgehead atoms. The molecule has 1 N–H and O–H groups in total. The minimum absolute atomic E-state index is 0.0240. The maximum atomic E-state index is 12.7. The van der Waals surface area contributed by atoms with Gasteiger partial charge in [-0.25, -0.2) is 0 Å². The Labute approximate surface area is 154 Å². The fourth-order valence-corrected chi connectivity index (χ4v) is 2.68. The number of halogens is 3. The van der Waals surface area contributed by atoms with Crippen LogP contribution in [0.5, 0.6) is 5.75 Å². The number of hydrogen-bond donors (Lipinski definition) is 1. The summed E-state index contributed by atoms with van der Waals surface area (Å²) in [5.74, 6) is 0.601. The number of H-pyrrole nitrogens is 1. The first-order chi connectivity index (χ1) is 12.8. The van der Waals surface area contributed by atoms with Crippen LogP contribution in [0.2, 0.25) is 0 Å². The number of carbonyl (C=O) groups excluding carboxylic acids is 1. The SMILES string of the molecule is CC(=O)c1ccc(OCc2cn[nH]c2-c2ccc(C(F)(F)F)cc2)c(C)c1. The summed E-state index contributed by atoms with van der Waals surface area (Å²) in [7, 11) is 0. The van der Waals surface area contributed by atoms with Crippen molar-refractivity contribution >= 4 is 5.78 Å². The van der Waals surface area contributed by atoms with Crippen LogP contribution in [-0.4, -0.2) is 16.0 Å². The molecule has 4 nitrogen and oxygen atoms in total. The molecule has 140 valence electrons. The van der Waals surface area contributed by atoms with E-state index >= 15 is 0 Å². The standard InChI is InChI=1S/C20H17F3N2O2/c1-12-9-15(13(2)26)5-8-18(12)27-11-16-10-24-25-19(16)14-3-6-17(7-4-14)20(21,22)23/h3-10H,11H2,1-2H3,(H,24,25). The predicted octanol–water partition coefficient (Wildman–Crippen LogP) is 5.19. The van der Waals surface area contributed by atoms with E-state index in [1.54, 1.807) is 24.4 Å². The summed E-state index contributed by atoms with van der Waals surface area (Å²) in [6, 6.07) is 10.0. The van der Waals surface area contributed by atoms with Crippen LogP contribution in [0.25, 0.3) is 11.3 Å². The molecule has 0 aliphatic carbocycles. The zero-order chi connectivity index (χ0) is 19.6. The number of aromatic amines is 1. The van der Waals surface area contributed by atoms with Crippen LogP contribution >= 0.6 is 0 Å². The largest absolute Gasteiger partial charge is 0.488 e. The lowest BCUT2D eigenvalue weighted by Crippen LogP contribution is -2.04. The Kier molecular flexibility index (Phi) is 5.03. The molecule has 0 unspecified atom stereocenters. The van der Waals surface area contributed by atoms with Crippen molar-refractivity contribution in [2.45, 2.75) is 26.6 Å². The van der Waals surface area contributed by atoms with E-state index in [1.165, 1.54) is 19.1 Å². The Bertz CT molecular complexity index is 960. The maximum Gasteiger partial charge on any atom is 0.416 e. The molecule has 2 aromatic carbocycles. The van der Waals surface area contributed by atoms with Crippen molar-refractivity contribution in [1.29, 1.82) is 0 Å². The highest BCUT2D eigenvalue weighted by Crippen LogP contribution is 2.31. The lowest BCUT2D eigenvalue weighted by Gasteiger charge is -2.11. The quantitative estimate of drug-likeness (QED) is 0.626. The van der Waals surface area contributed by atoms with Crippen LogP contribution in [0.3, 0.4) is 0 Å². The maximum absolute atomic E-state index is 12.7. The van der Waals surface area contributed by atoms with E-state index in [9.17, 15) is 18.0 Å². The van der Waals surface area contributed by atoms with Crippen molar-refractivity contribution in [1.82, 2.24) is 10.2 Å². The molecule has 7 heteroatoms. The normalized spacial score (nSPS) is 11.4. The zero-order valence-electron chi connectivity index (χ0n) is 14.7. The number of Topliss-reactive ketones (excluding diaryl/α,β-unsaturated/α-hetero) is 1. The van der Waals surface area contributed by atoms with Gasteiger partial charge in [0.15, 0.2) is 5.78 Å². The Balaban J connectivity index is 1.77. The third kappa shape index (κ3) is 4.19. The van der Waals surface area contributed by atoms with Crippen LogP contribution in [0.1, 0.15) is 34.0 Å². The molecule has 0 saturated carbocycles. The molecule has 27 heavy (non-hydrogen) atoms. The second kappa shape index (κ2) is 7.26. The average Bonchev–Trinajstić information content (AvgIpc) is 3.08. The Morgan fingerprint density at radius 1 is 1.15 bits per heavy atom. The predicted molar refractivity (Wildman–Crippen MR) is 94.5 cm³/mol. The minimum Gasteiger partial charge on any atom is -0.488 e. The van der Waals surface area contributed by atoms with Gasteiger partial charge in [0.2, 0.25) is 0 Å². The second-order valence-corrected chi connectivity index (χ2v) is 6.17. The summed E-state index contributed by atoms with van der Waals surface area (Å²) < 4.78 is 43.9. The van der Waals surface area contributed by atoms with Crippen molar-refractivity contribution in [3.8, 4) is 17.0 Å². The first kappa shape index (κ1) is 18.7. The van der Waals surface area contributed by atoms with Crippen LogP contribution in [0.15, 0.2) is 48.7 Å². The van der Waals surface area contributed by atoms with Crippen LogP contribution in [-0.2, 0) is 12.8 Å². The summed E-state index contributed by atoms with van der Waals surface area (Å²) >= 11 is 0. The van der Waals surface area contributed by atoms with Crippen LogP contribution < -0.4 is 4.74 Å². The number of nitrogens with one attached hydrogen (secondary N) is 1. The molecule has 0 atom stereocenters. The van der Waals surface area contributed by atoms with Crippen molar-refractivity contribution in [3.05, 3.63) is 70.9 Å². The fraction of sp³-hybridized carbons (Fsp3) is 0.200. The van der Waals surface area contributed by atoms with E-state index < -0.39 is 11.7 Å². The molecule has 1 aromatic heterocycles. The third-order valence-electron chi connectivity index (χ3n) is 4.18. The highest BCUT2D eigenvalue weighted by molar-refractivity contribution is 5.94. The Morgan fingerprint density at radius 3 is 2.44 bits per heavy atom. The lowest BCUT2D eigenvalue weighted by atomic mass is 10.1. The molecular formula is C20H17F3N2O2. The molecule has 1 heterocycles.